The Kier molecular flexibility index (Phi) is 4.51. The Balaban J connectivity index is 2.06. The summed E-state index contributed by atoms with van der Waals surface area (Å²) in [6.07, 6.45) is 8.47. The van der Waals surface area contributed by atoms with Gasteiger partial charge in [0.25, 0.3) is 0 Å². The number of halogens is 1. The lowest BCUT2D eigenvalue weighted by atomic mass is 10.1. The molecule has 0 atom stereocenters. The number of nitrogens with zero attached hydrogens (tertiary/aromatic N) is 1. The van der Waals surface area contributed by atoms with Crippen LogP contribution in [0.1, 0.15) is 11.1 Å². The van der Waals surface area contributed by atoms with E-state index in [4.69, 9.17) is 0 Å². The minimum Gasteiger partial charge on any atom is -0.204 e. The van der Waals surface area contributed by atoms with Gasteiger partial charge in [-0.1, -0.05) is 58.4 Å². The molecular formula is C15H15BrN+. The molecule has 1 nitrogen and oxygen atoms in total. The zero-order chi connectivity index (χ0) is 11.9. The maximum atomic E-state index is 3.43. The molecule has 1 aromatic heterocycles. The molecular weight excluding hydrogens is 274 g/mol. The summed E-state index contributed by atoms with van der Waals surface area (Å²) in [6, 6.07) is 14.6. The highest BCUT2D eigenvalue weighted by molar-refractivity contribution is 9.09. The summed E-state index contributed by atoms with van der Waals surface area (Å²) in [5.74, 6) is 0. The van der Waals surface area contributed by atoms with Crippen molar-refractivity contribution in [1.82, 2.24) is 0 Å². The van der Waals surface area contributed by atoms with Crippen molar-refractivity contribution in [2.75, 3.05) is 5.33 Å². The van der Waals surface area contributed by atoms with E-state index in [9.17, 15) is 0 Å². The van der Waals surface area contributed by atoms with Gasteiger partial charge in [-0.15, -0.1) is 0 Å². The van der Waals surface area contributed by atoms with E-state index in [0.717, 1.165) is 11.9 Å². The van der Waals surface area contributed by atoms with E-state index >= 15 is 0 Å². The van der Waals surface area contributed by atoms with Gasteiger partial charge in [-0.3, -0.25) is 0 Å². The van der Waals surface area contributed by atoms with Gasteiger partial charge in [0.2, 0.25) is 0 Å². The second-order valence-electron chi connectivity index (χ2n) is 3.80. The van der Waals surface area contributed by atoms with Crippen LogP contribution < -0.4 is 4.57 Å². The molecule has 0 aliphatic rings. The standard InChI is InChI=1S/C15H15BrN/c16-10-13-17-11-8-15(9-12-17)7-6-14-4-2-1-3-5-14/h1-9,11-12H,10,13H2/q+1. The lowest BCUT2D eigenvalue weighted by Crippen LogP contribution is -2.33. The number of alkyl halides is 1. The number of benzene rings is 1. The maximum Gasteiger partial charge on any atom is 0.169 e. The van der Waals surface area contributed by atoms with Gasteiger partial charge in [0.1, 0.15) is 0 Å². The van der Waals surface area contributed by atoms with Gasteiger partial charge in [-0.05, 0) is 11.1 Å². The van der Waals surface area contributed by atoms with Crippen LogP contribution in [0.3, 0.4) is 0 Å². The van der Waals surface area contributed by atoms with Gasteiger partial charge in [0, 0.05) is 12.1 Å². The van der Waals surface area contributed by atoms with Crippen LogP contribution in [0.15, 0.2) is 54.9 Å². The van der Waals surface area contributed by atoms with Crippen molar-refractivity contribution in [3.05, 3.63) is 66.0 Å². The molecule has 0 N–H and O–H groups in total. The molecule has 17 heavy (non-hydrogen) atoms. The second-order valence-corrected chi connectivity index (χ2v) is 4.60. The van der Waals surface area contributed by atoms with E-state index in [-0.39, 0.29) is 0 Å². The topological polar surface area (TPSA) is 3.88 Å². The third-order valence-electron chi connectivity index (χ3n) is 2.53. The van der Waals surface area contributed by atoms with Crippen molar-refractivity contribution in [3.63, 3.8) is 0 Å². The molecule has 2 rings (SSSR count). The minimum atomic E-state index is 0.983. The zero-order valence-corrected chi connectivity index (χ0v) is 11.2. The summed E-state index contributed by atoms with van der Waals surface area (Å²) in [5.41, 5.74) is 2.45. The van der Waals surface area contributed by atoms with Gasteiger partial charge < -0.3 is 0 Å². The Morgan fingerprint density at radius 1 is 0.882 bits per heavy atom. The first-order valence-corrected chi connectivity index (χ1v) is 6.79. The zero-order valence-electron chi connectivity index (χ0n) is 9.59. The van der Waals surface area contributed by atoms with Crippen LogP contribution in [0.2, 0.25) is 0 Å². The smallest absolute Gasteiger partial charge is 0.169 e. The van der Waals surface area contributed by atoms with E-state index < -0.39 is 0 Å². The summed E-state index contributed by atoms with van der Waals surface area (Å²) in [7, 11) is 0. The molecule has 0 saturated heterocycles. The fourth-order valence-electron chi connectivity index (χ4n) is 1.58. The molecule has 0 spiro atoms. The van der Waals surface area contributed by atoms with E-state index in [2.05, 4.69) is 81.4 Å². The van der Waals surface area contributed by atoms with Crippen LogP contribution in [0.5, 0.6) is 0 Å². The first-order chi connectivity index (χ1) is 8.38. The molecule has 0 radical (unpaired) electrons. The van der Waals surface area contributed by atoms with Gasteiger partial charge in [-0.25, -0.2) is 4.57 Å². The van der Waals surface area contributed by atoms with E-state index in [1.807, 2.05) is 6.07 Å². The quantitative estimate of drug-likeness (QED) is 0.599. The van der Waals surface area contributed by atoms with E-state index in [1.54, 1.807) is 0 Å². The second kappa shape index (κ2) is 6.36. The first kappa shape index (κ1) is 12.1. The molecule has 1 aromatic carbocycles. The predicted octanol–water partition coefficient (Wildman–Crippen LogP) is 3.54. The molecule has 0 amide bonds. The number of pyridine rings is 1. The summed E-state index contributed by atoms with van der Waals surface area (Å²) in [4.78, 5) is 0. The molecule has 0 bridgehead atoms. The monoisotopic (exact) mass is 288 g/mol. The van der Waals surface area contributed by atoms with Crippen LogP contribution in [-0.2, 0) is 6.54 Å². The highest BCUT2D eigenvalue weighted by Gasteiger charge is 1.96. The lowest BCUT2D eigenvalue weighted by molar-refractivity contribution is -0.692. The molecule has 86 valence electrons. The molecule has 0 saturated carbocycles. The highest BCUT2D eigenvalue weighted by atomic mass is 79.9. The Bertz CT molecular complexity index is 474. The Hall–Kier alpha value is -1.41. The van der Waals surface area contributed by atoms with Crippen molar-refractivity contribution in [2.45, 2.75) is 6.54 Å². The fourth-order valence-corrected chi connectivity index (χ4v) is 1.99. The van der Waals surface area contributed by atoms with Crippen LogP contribution >= 0.6 is 15.9 Å². The number of aromatic nitrogens is 1. The Morgan fingerprint density at radius 2 is 1.47 bits per heavy atom. The third kappa shape index (κ3) is 3.82. The number of rotatable bonds is 4. The molecule has 2 heteroatoms. The Morgan fingerprint density at radius 3 is 2.06 bits per heavy atom. The van der Waals surface area contributed by atoms with Crippen LogP contribution in [-0.4, -0.2) is 5.33 Å². The van der Waals surface area contributed by atoms with Crippen LogP contribution in [0, 0.1) is 0 Å². The number of hydrogen-bond acceptors (Lipinski definition) is 0. The van der Waals surface area contributed by atoms with Gasteiger partial charge in [0.05, 0.1) is 5.33 Å². The summed E-state index contributed by atoms with van der Waals surface area (Å²) >= 11 is 3.43. The number of hydrogen-bond donors (Lipinski definition) is 0. The van der Waals surface area contributed by atoms with Crippen molar-refractivity contribution in [2.24, 2.45) is 0 Å². The van der Waals surface area contributed by atoms with E-state index in [1.165, 1.54) is 11.1 Å². The molecule has 0 aliphatic carbocycles. The first-order valence-electron chi connectivity index (χ1n) is 5.67. The molecule has 1 heterocycles. The van der Waals surface area contributed by atoms with Gasteiger partial charge >= 0.3 is 0 Å². The lowest BCUT2D eigenvalue weighted by Gasteiger charge is -1.95. The summed E-state index contributed by atoms with van der Waals surface area (Å²) in [5, 5.41) is 0.983. The highest BCUT2D eigenvalue weighted by Crippen LogP contribution is 2.06. The van der Waals surface area contributed by atoms with Crippen LogP contribution in [0.4, 0.5) is 0 Å². The minimum absolute atomic E-state index is 0.983. The average molecular weight is 289 g/mol. The van der Waals surface area contributed by atoms with Crippen LogP contribution in [0.25, 0.3) is 12.2 Å². The summed E-state index contributed by atoms with van der Waals surface area (Å²) in [6.45, 7) is 1.00. The molecule has 0 aliphatic heterocycles. The predicted molar refractivity (Wildman–Crippen MR) is 75.8 cm³/mol. The largest absolute Gasteiger partial charge is 0.204 e. The SMILES string of the molecule is BrCC[n+]1ccc(C=Cc2ccccc2)cc1. The normalized spacial score (nSPS) is 10.9. The maximum absolute atomic E-state index is 3.43. The van der Waals surface area contributed by atoms with Crippen molar-refractivity contribution >= 4 is 28.1 Å². The molecule has 0 fully saturated rings. The van der Waals surface area contributed by atoms with Crippen molar-refractivity contribution in [3.8, 4) is 0 Å². The summed E-state index contributed by atoms with van der Waals surface area (Å²) < 4.78 is 2.16. The van der Waals surface area contributed by atoms with Gasteiger partial charge in [-0.2, -0.15) is 0 Å². The molecule has 2 aromatic rings. The number of aryl methyl sites for hydroxylation is 1. The third-order valence-corrected chi connectivity index (χ3v) is 2.88. The fraction of sp³-hybridized carbons (Fsp3) is 0.133. The average Bonchev–Trinajstić information content (AvgIpc) is 2.40. The van der Waals surface area contributed by atoms with Crippen molar-refractivity contribution in [1.29, 1.82) is 0 Å². The van der Waals surface area contributed by atoms with Gasteiger partial charge in [0.15, 0.2) is 18.9 Å². The Labute approximate surface area is 111 Å². The molecule has 0 unspecified atom stereocenters. The van der Waals surface area contributed by atoms with E-state index in [0.29, 0.717) is 0 Å². The van der Waals surface area contributed by atoms with Crippen molar-refractivity contribution < 1.29 is 4.57 Å².